The molecule has 0 aliphatic carbocycles. The highest BCUT2D eigenvalue weighted by Gasteiger charge is 2.44. The number of benzene rings is 2. The van der Waals surface area contributed by atoms with Gasteiger partial charge in [0, 0.05) is 29.3 Å². The Morgan fingerprint density at radius 1 is 0.881 bits per heavy atom. The fourth-order valence-electron chi connectivity index (χ4n) is 4.72. The van der Waals surface area contributed by atoms with E-state index in [2.05, 4.69) is 9.97 Å². The molecule has 2 heterocycles. The first-order valence-electron chi connectivity index (χ1n) is 14.3. The molecule has 10 nitrogen and oxygen atoms in total. The second kappa shape index (κ2) is 14.6. The van der Waals surface area contributed by atoms with Crippen molar-refractivity contribution < 1.29 is 36.4 Å². The third-order valence-electron chi connectivity index (χ3n) is 6.54. The molecule has 1 unspecified atom stereocenters. The molecule has 4 rings (SSSR count). The molecule has 0 saturated heterocycles. The van der Waals surface area contributed by atoms with Gasteiger partial charge in [-0.25, -0.2) is 4.98 Å². The van der Waals surface area contributed by atoms with E-state index in [0.29, 0.717) is 30.4 Å². The van der Waals surface area contributed by atoms with Crippen molar-refractivity contribution in [2.45, 2.75) is 46.7 Å². The Bertz CT molecular complexity index is 1510. The Morgan fingerprint density at radius 2 is 1.55 bits per heavy atom. The standard InChI is InChI=1S/C30H40N2O8P2/c1-6-36-41(33,37-7-2)21-29(42(34,38-8-3)39-9-4)28-19-24-15-16-25(20-27(24)31-28)35-18-17-26-22(5)40-30(32-26)23-13-11-10-12-14-23/h10-16,19-20,29,31H,6-9,17-18,21H2,1-5H3. The van der Waals surface area contributed by atoms with Crippen LogP contribution in [-0.4, -0.2) is 49.2 Å². The molecule has 12 heteroatoms. The van der Waals surface area contributed by atoms with Gasteiger partial charge in [0.15, 0.2) is 0 Å². The lowest BCUT2D eigenvalue weighted by Gasteiger charge is -2.28. The van der Waals surface area contributed by atoms with Crippen molar-refractivity contribution in [3.8, 4) is 17.2 Å². The van der Waals surface area contributed by atoms with Gasteiger partial charge >= 0.3 is 15.2 Å². The molecule has 0 saturated carbocycles. The lowest BCUT2D eigenvalue weighted by atomic mass is 10.2. The van der Waals surface area contributed by atoms with Crippen LogP contribution in [0.4, 0.5) is 0 Å². The minimum atomic E-state index is -3.75. The monoisotopic (exact) mass is 618 g/mol. The fraction of sp³-hybridized carbons (Fsp3) is 0.433. The van der Waals surface area contributed by atoms with Gasteiger partial charge in [-0.2, -0.15) is 0 Å². The maximum absolute atomic E-state index is 14.0. The summed E-state index contributed by atoms with van der Waals surface area (Å²) in [5.74, 6) is 2.01. The number of fused-ring (bicyclic) bond motifs is 1. The number of hydrogen-bond donors (Lipinski definition) is 1. The van der Waals surface area contributed by atoms with E-state index < -0.39 is 20.9 Å². The summed E-state index contributed by atoms with van der Waals surface area (Å²) in [5.41, 5.74) is 2.19. The first-order valence-corrected chi connectivity index (χ1v) is 17.6. The summed E-state index contributed by atoms with van der Waals surface area (Å²) in [6, 6.07) is 17.3. The summed E-state index contributed by atoms with van der Waals surface area (Å²) in [6.45, 7) is 9.96. The van der Waals surface area contributed by atoms with Crippen LogP contribution in [0.3, 0.4) is 0 Å². The van der Waals surface area contributed by atoms with Crippen LogP contribution in [0.25, 0.3) is 22.4 Å². The molecule has 42 heavy (non-hydrogen) atoms. The van der Waals surface area contributed by atoms with Crippen LogP contribution < -0.4 is 4.74 Å². The molecule has 0 radical (unpaired) electrons. The van der Waals surface area contributed by atoms with E-state index in [-0.39, 0.29) is 32.6 Å². The van der Waals surface area contributed by atoms with Crippen LogP contribution in [-0.2, 0) is 33.6 Å². The van der Waals surface area contributed by atoms with E-state index in [9.17, 15) is 9.13 Å². The number of aromatic nitrogens is 2. The number of H-pyrrole nitrogens is 1. The van der Waals surface area contributed by atoms with Gasteiger partial charge in [0.25, 0.3) is 0 Å². The van der Waals surface area contributed by atoms with Gasteiger partial charge < -0.3 is 32.2 Å². The smallest absolute Gasteiger partial charge is 0.340 e. The van der Waals surface area contributed by atoms with E-state index in [1.54, 1.807) is 27.7 Å². The average Bonchev–Trinajstić information content (AvgIpc) is 3.55. The summed E-state index contributed by atoms with van der Waals surface area (Å²) in [7, 11) is -7.34. The zero-order chi connectivity index (χ0) is 30.2. The third kappa shape index (κ3) is 7.81. The molecule has 0 bridgehead atoms. The van der Waals surface area contributed by atoms with Crippen molar-refractivity contribution in [3.05, 3.63) is 71.7 Å². The summed E-state index contributed by atoms with van der Waals surface area (Å²) in [4.78, 5) is 7.98. The lowest BCUT2D eigenvalue weighted by molar-refractivity contribution is 0.203. The van der Waals surface area contributed by atoms with E-state index in [0.717, 1.165) is 27.9 Å². The predicted octanol–water partition coefficient (Wildman–Crippen LogP) is 8.33. The Morgan fingerprint density at radius 3 is 2.19 bits per heavy atom. The number of aromatic amines is 1. The van der Waals surface area contributed by atoms with Crippen molar-refractivity contribution in [2.75, 3.05) is 39.2 Å². The fourth-order valence-corrected chi connectivity index (χ4v) is 9.45. The van der Waals surface area contributed by atoms with Gasteiger partial charge in [-0.1, -0.05) is 18.2 Å². The van der Waals surface area contributed by atoms with Crippen molar-refractivity contribution >= 4 is 26.1 Å². The number of rotatable bonds is 17. The van der Waals surface area contributed by atoms with Gasteiger partial charge in [0.05, 0.1) is 44.9 Å². The Labute approximate surface area is 247 Å². The Kier molecular flexibility index (Phi) is 11.2. The van der Waals surface area contributed by atoms with Gasteiger partial charge in [-0.05, 0) is 70.3 Å². The third-order valence-corrected chi connectivity index (χ3v) is 11.4. The van der Waals surface area contributed by atoms with E-state index in [1.165, 1.54) is 0 Å². The molecule has 4 aromatic rings. The molecule has 1 atom stereocenters. The molecular weight excluding hydrogens is 578 g/mol. The van der Waals surface area contributed by atoms with Crippen molar-refractivity contribution in [3.63, 3.8) is 0 Å². The van der Waals surface area contributed by atoms with Crippen LogP contribution in [0.2, 0.25) is 0 Å². The van der Waals surface area contributed by atoms with Crippen LogP contribution in [0, 0.1) is 6.92 Å². The lowest BCUT2D eigenvalue weighted by Crippen LogP contribution is -2.14. The minimum absolute atomic E-state index is 0.163. The summed E-state index contributed by atoms with van der Waals surface area (Å²) < 4.78 is 61.9. The predicted molar refractivity (Wildman–Crippen MR) is 163 cm³/mol. The molecule has 2 aromatic carbocycles. The van der Waals surface area contributed by atoms with Crippen LogP contribution >= 0.6 is 15.2 Å². The van der Waals surface area contributed by atoms with Crippen molar-refractivity contribution in [1.82, 2.24) is 9.97 Å². The number of hydrogen-bond acceptors (Lipinski definition) is 9. The maximum Gasteiger partial charge on any atom is 0.340 e. The summed E-state index contributed by atoms with van der Waals surface area (Å²) in [5, 5.41) is 0.865. The largest absolute Gasteiger partial charge is 0.493 e. The SMILES string of the molecule is CCOP(=O)(CC(c1cc2ccc(OCCc3nc(-c4ccccc4)oc3C)cc2[nH]1)P(=O)(OCC)OCC)OCC. The highest BCUT2D eigenvalue weighted by atomic mass is 31.2. The topological polar surface area (TPSA) is 122 Å². The average molecular weight is 619 g/mol. The zero-order valence-corrected chi connectivity index (χ0v) is 26.6. The van der Waals surface area contributed by atoms with Crippen molar-refractivity contribution in [2.24, 2.45) is 0 Å². The van der Waals surface area contributed by atoms with Gasteiger partial charge in [0.1, 0.15) is 17.2 Å². The Balaban J connectivity index is 1.54. The molecule has 228 valence electrons. The van der Waals surface area contributed by atoms with Gasteiger partial charge in [-0.3, -0.25) is 9.13 Å². The molecule has 0 aliphatic heterocycles. The molecule has 2 aromatic heterocycles. The van der Waals surface area contributed by atoms with E-state index in [1.807, 2.05) is 61.5 Å². The van der Waals surface area contributed by atoms with Crippen molar-refractivity contribution in [1.29, 1.82) is 0 Å². The number of nitrogens with zero attached hydrogens (tertiary/aromatic N) is 1. The first-order chi connectivity index (χ1) is 20.2. The zero-order valence-electron chi connectivity index (χ0n) is 24.8. The second-order valence-corrected chi connectivity index (χ2v) is 13.8. The number of aryl methyl sites for hydroxylation is 1. The summed E-state index contributed by atoms with van der Waals surface area (Å²) in [6.07, 6.45) is 0.415. The van der Waals surface area contributed by atoms with Gasteiger partial charge in [-0.15, -0.1) is 0 Å². The molecule has 0 aliphatic rings. The molecular formula is C30H40N2O8P2. The summed E-state index contributed by atoms with van der Waals surface area (Å²) >= 11 is 0. The highest BCUT2D eigenvalue weighted by Crippen LogP contribution is 2.66. The molecule has 0 fully saturated rings. The van der Waals surface area contributed by atoms with E-state index >= 15 is 0 Å². The van der Waals surface area contributed by atoms with Crippen LogP contribution in [0.5, 0.6) is 5.75 Å². The number of nitrogens with one attached hydrogen (secondary N) is 1. The van der Waals surface area contributed by atoms with E-state index in [4.69, 9.17) is 27.2 Å². The molecule has 0 amide bonds. The first kappa shape index (κ1) is 32.2. The quantitative estimate of drug-likeness (QED) is 0.116. The highest BCUT2D eigenvalue weighted by molar-refractivity contribution is 7.58. The molecule has 1 N–H and O–H groups in total. The molecule has 0 spiro atoms. The minimum Gasteiger partial charge on any atom is -0.493 e. The van der Waals surface area contributed by atoms with Gasteiger partial charge in [0.2, 0.25) is 5.89 Å². The number of ether oxygens (including phenoxy) is 1. The number of oxazole rings is 1. The van der Waals surface area contributed by atoms with Crippen LogP contribution in [0.1, 0.15) is 50.5 Å². The second-order valence-electron chi connectivity index (χ2n) is 9.48. The Hall–Kier alpha value is -2.71. The van der Waals surface area contributed by atoms with Crippen LogP contribution in [0.15, 0.2) is 59.0 Å². The maximum atomic E-state index is 14.0. The normalized spacial score (nSPS) is 13.1.